The van der Waals surface area contributed by atoms with E-state index in [-0.39, 0.29) is 54.7 Å². The summed E-state index contributed by atoms with van der Waals surface area (Å²) in [4.78, 5) is 47.1. The van der Waals surface area contributed by atoms with Crippen molar-refractivity contribution in [3.05, 3.63) is 22.7 Å². The van der Waals surface area contributed by atoms with Gasteiger partial charge in [0.15, 0.2) is 6.29 Å². The summed E-state index contributed by atoms with van der Waals surface area (Å²) in [6.07, 6.45) is -3.05. The van der Waals surface area contributed by atoms with Crippen LogP contribution in [0.1, 0.15) is 6.42 Å². The van der Waals surface area contributed by atoms with Crippen molar-refractivity contribution in [2.75, 3.05) is 25.3 Å². The first-order valence-electron chi connectivity index (χ1n) is 7.78. The van der Waals surface area contributed by atoms with Gasteiger partial charge in [0.25, 0.3) is 0 Å². The van der Waals surface area contributed by atoms with Crippen molar-refractivity contribution < 1.29 is 48.8 Å². The van der Waals surface area contributed by atoms with Crippen LogP contribution in [0.4, 0.5) is 5.82 Å². The van der Waals surface area contributed by atoms with Gasteiger partial charge in [-0.1, -0.05) is 0 Å². The van der Waals surface area contributed by atoms with E-state index < -0.39 is 50.8 Å². The molecule has 0 saturated carbocycles. The average Bonchev–Trinajstić information content (AvgIpc) is 3.08. The summed E-state index contributed by atoms with van der Waals surface area (Å²) >= 11 is 0. The molecule has 0 spiro atoms. The number of nitrogens with two attached hydrogens (primary N) is 1. The maximum absolute atomic E-state index is 11.4. The standard InChI is InChI=1S/C9H14N3O7P.C4H8O4.Na.H/c10-7-1-2-12(9(13)11-7)19-8-3-6(4-17-8)18-5-20(14,15)16;5-1-3(7)4(8)2-6;;/h1-2,6,8H,3-5H2,(H2,10,11,13)(H2,14,15,16);1,3-4,6-8H,2H2;;/t6-,8?;3-,4-;;/m01../s1. The first-order valence-corrected chi connectivity index (χ1v) is 9.58. The van der Waals surface area contributed by atoms with E-state index in [1.165, 1.54) is 12.3 Å². The summed E-state index contributed by atoms with van der Waals surface area (Å²) in [6, 6.07) is 1.39. The quantitative estimate of drug-likeness (QED) is 0.125. The van der Waals surface area contributed by atoms with Crippen molar-refractivity contribution in [1.29, 1.82) is 0 Å². The molecule has 1 aromatic heterocycles. The van der Waals surface area contributed by atoms with Crippen LogP contribution in [0.2, 0.25) is 0 Å². The third-order valence-corrected chi connectivity index (χ3v) is 3.63. The van der Waals surface area contributed by atoms with Crippen LogP contribution in [0.25, 0.3) is 0 Å². The van der Waals surface area contributed by atoms with Crippen molar-refractivity contribution in [2.45, 2.75) is 31.0 Å². The van der Waals surface area contributed by atoms with E-state index in [4.69, 9.17) is 45.2 Å². The predicted octanol–water partition coefficient (Wildman–Crippen LogP) is -4.23. The zero-order valence-corrected chi connectivity index (χ0v) is 15.4. The zero-order chi connectivity index (χ0) is 21.3. The Balaban J connectivity index is 0.000000747. The van der Waals surface area contributed by atoms with Crippen LogP contribution in [0, 0.1) is 0 Å². The van der Waals surface area contributed by atoms with Crippen molar-refractivity contribution in [1.82, 2.24) is 9.71 Å². The van der Waals surface area contributed by atoms with Crippen LogP contribution >= 0.6 is 7.60 Å². The molecule has 1 saturated heterocycles. The first-order chi connectivity index (χ1) is 13.1. The molecule has 0 aromatic carbocycles. The molecule has 0 bridgehead atoms. The van der Waals surface area contributed by atoms with Crippen LogP contribution in [-0.4, -0.2) is 115 Å². The van der Waals surface area contributed by atoms with E-state index in [0.717, 1.165) is 4.73 Å². The Kier molecular flexibility index (Phi) is 13.0. The molecule has 2 heterocycles. The van der Waals surface area contributed by atoms with E-state index in [1.807, 2.05) is 0 Å². The molecule has 0 radical (unpaired) electrons. The van der Waals surface area contributed by atoms with E-state index in [0.29, 0.717) is 0 Å². The Labute approximate surface area is 186 Å². The average molecular weight is 451 g/mol. The van der Waals surface area contributed by atoms with E-state index >= 15 is 0 Å². The van der Waals surface area contributed by atoms with Gasteiger partial charge in [-0.3, -0.25) is 4.57 Å². The van der Waals surface area contributed by atoms with Gasteiger partial charge in [-0.25, -0.2) is 4.79 Å². The minimum atomic E-state index is -4.22. The molecule has 2 rings (SSSR count). The van der Waals surface area contributed by atoms with Crippen molar-refractivity contribution >= 4 is 49.3 Å². The summed E-state index contributed by atoms with van der Waals surface area (Å²) in [5.74, 6) is 0.0741. The molecule has 0 aliphatic carbocycles. The normalized spacial score (nSPS) is 20.6. The summed E-state index contributed by atoms with van der Waals surface area (Å²) in [5, 5.41) is 24.8. The molecule has 4 atom stereocenters. The number of anilines is 1. The van der Waals surface area contributed by atoms with Gasteiger partial charge in [0.1, 0.15) is 24.4 Å². The van der Waals surface area contributed by atoms with Gasteiger partial charge in [-0.15, -0.1) is 4.73 Å². The van der Waals surface area contributed by atoms with Crippen molar-refractivity contribution in [3.8, 4) is 0 Å². The molecule has 14 nitrogen and oxygen atoms in total. The second kappa shape index (κ2) is 13.4. The van der Waals surface area contributed by atoms with Gasteiger partial charge in [-0.2, -0.15) is 4.98 Å². The molecule has 16 heteroatoms. The second-order valence-corrected chi connectivity index (χ2v) is 7.11. The van der Waals surface area contributed by atoms with Gasteiger partial charge in [0.05, 0.1) is 25.5 Å². The van der Waals surface area contributed by atoms with Crippen LogP contribution < -0.4 is 16.3 Å². The summed E-state index contributed by atoms with van der Waals surface area (Å²) in [5.41, 5.74) is 4.65. The Bertz CT molecular complexity index is 730. The third-order valence-electron chi connectivity index (χ3n) is 3.15. The molecule has 1 aliphatic rings. The van der Waals surface area contributed by atoms with E-state index in [2.05, 4.69) is 4.98 Å². The summed E-state index contributed by atoms with van der Waals surface area (Å²) < 4.78 is 21.7. The number of hydrogen-bond acceptors (Lipinski definition) is 11. The number of ether oxygens (including phenoxy) is 2. The van der Waals surface area contributed by atoms with Crippen LogP contribution in [0.5, 0.6) is 0 Å². The molecule has 1 aromatic rings. The van der Waals surface area contributed by atoms with Crippen LogP contribution in [0.15, 0.2) is 17.1 Å². The topological polar surface area (TPSA) is 224 Å². The molecule has 162 valence electrons. The third kappa shape index (κ3) is 11.2. The Morgan fingerprint density at radius 3 is 2.59 bits per heavy atom. The van der Waals surface area contributed by atoms with Gasteiger partial charge < -0.3 is 49.9 Å². The number of aliphatic hydroxyl groups is 3. The monoisotopic (exact) mass is 451 g/mol. The fraction of sp³-hybridized carbons (Fsp3) is 0.615. The van der Waals surface area contributed by atoms with Crippen LogP contribution in [0.3, 0.4) is 0 Å². The summed E-state index contributed by atoms with van der Waals surface area (Å²) in [6.45, 7) is -0.484. The number of aromatic nitrogens is 2. The van der Waals surface area contributed by atoms with Gasteiger partial charge in [-0.05, 0) is 0 Å². The number of rotatable bonds is 8. The molecular formula is C13H23N3NaO11P. The number of hydrogen-bond donors (Lipinski definition) is 6. The van der Waals surface area contributed by atoms with Gasteiger partial charge in [0.2, 0.25) is 6.29 Å². The molecule has 1 unspecified atom stereocenters. The zero-order valence-electron chi connectivity index (χ0n) is 14.5. The molecule has 1 aliphatic heterocycles. The second-order valence-electron chi connectivity index (χ2n) is 5.52. The molecule has 0 amide bonds. The van der Waals surface area contributed by atoms with Gasteiger partial charge in [0, 0.05) is 12.5 Å². The molecule has 1 fully saturated rings. The van der Waals surface area contributed by atoms with Crippen molar-refractivity contribution in [2.24, 2.45) is 0 Å². The summed E-state index contributed by atoms with van der Waals surface area (Å²) in [7, 11) is -4.22. The van der Waals surface area contributed by atoms with E-state index in [9.17, 15) is 14.2 Å². The Morgan fingerprint density at radius 1 is 1.45 bits per heavy atom. The number of carbonyl (C=O) groups is 1. The number of carbonyl (C=O) groups excluding carboxylic acids is 1. The minimum absolute atomic E-state index is 0. The number of nitrogen functional groups attached to an aromatic ring is 1. The molecule has 29 heavy (non-hydrogen) atoms. The van der Waals surface area contributed by atoms with Crippen molar-refractivity contribution in [3.63, 3.8) is 0 Å². The maximum atomic E-state index is 11.4. The SMILES string of the molecule is Nc1ccn(OC2C[C@H](OCP(=O)(O)O)CO2)c(=O)n1.O=C[C@@H](O)[C@H](O)CO.[NaH]. The molecule has 7 N–H and O–H groups in total. The fourth-order valence-corrected chi connectivity index (χ4v) is 2.17. The van der Waals surface area contributed by atoms with Gasteiger partial charge >= 0.3 is 42.8 Å². The molecular weight excluding hydrogens is 428 g/mol. The van der Waals surface area contributed by atoms with E-state index in [1.54, 1.807) is 0 Å². The Hall–Kier alpha value is -0.900. The number of nitrogens with zero attached hydrogens (tertiary/aromatic N) is 2. The predicted molar refractivity (Wildman–Crippen MR) is 97.9 cm³/mol. The fourth-order valence-electron chi connectivity index (χ4n) is 1.77. The first kappa shape index (κ1) is 28.1. The number of aliphatic hydroxyl groups excluding tert-OH is 3. The Morgan fingerprint density at radius 2 is 2.10 bits per heavy atom. The van der Waals surface area contributed by atoms with Crippen LogP contribution in [-0.2, 0) is 18.8 Å². The number of aldehydes is 1.